The number of hydrogen-bond donors (Lipinski definition) is 1. The van der Waals surface area contributed by atoms with Crippen LogP contribution in [0.1, 0.15) is 18.2 Å². The highest BCUT2D eigenvalue weighted by molar-refractivity contribution is 5.38. The summed E-state index contributed by atoms with van der Waals surface area (Å²) < 4.78 is 1.77. The Labute approximate surface area is 89.0 Å². The highest BCUT2D eigenvalue weighted by Gasteiger charge is 2.08. The Morgan fingerprint density at radius 1 is 1.27 bits per heavy atom. The first-order chi connectivity index (χ1) is 7.22. The van der Waals surface area contributed by atoms with Crippen LogP contribution in [0.2, 0.25) is 0 Å². The van der Waals surface area contributed by atoms with Crippen LogP contribution in [0.3, 0.4) is 0 Å². The van der Waals surface area contributed by atoms with Crippen molar-refractivity contribution in [3.63, 3.8) is 0 Å². The summed E-state index contributed by atoms with van der Waals surface area (Å²) >= 11 is 0. The van der Waals surface area contributed by atoms with Gasteiger partial charge in [0.2, 0.25) is 0 Å². The second kappa shape index (κ2) is 3.77. The quantitative estimate of drug-likeness (QED) is 0.812. The fraction of sp³-hybridized carbons (Fsp3) is 0.250. The van der Waals surface area contributed by atoms with Gasteiger partial charge >= 0.3 is 0 Å². The minimum atomic E-state index is 0.262. The van der Waals surface area contributed by atoms with Crippen LogP contribution in [0.25, 0.3) is 5.69 Å². The molecule has 2 aromatic rings. The lowest BCUT2D eigenvalue weighted by Gasteiger charge is -2.05. The zero-order valence-corrected chi connectivity index (χ0v) is 8.94. The zero-order chi connectivity index (χ0) is 10.8. The smallest absolute Gasteiger partial charge is 0.157 e. The Morgan fingerprint density at radius 3 is 2.53 bits per heavy atom. The number of rotatable bonds is 2. The van der Waals surface area contributed by atoms with Crippen LogP contribution in [-0.4, -0.2) is 14.9 Å². The molecule has 0 amide bonds. The van der Waals surface area contributed by atoms with E-state index >= 15 is 0 Å². The first-order valence-electron chi connectivity index (χ1n) is 5.05. The van der Waals surface area contributed by atoms with Crippen molar-refractivity contribution in [2.75, 3.05) is 0 Å². The van der Waals surface area contributed by atoms with Crippen molar-refractivity contribution < 1.29 is 5.11 Å². The van der Waals surface area contributed by atoms with Gasteiger partial charge in [0.15, 0.2) is 5.75 Å². The number of aryl methyl sites for hydroxylation is 1. The lowest BCUT2D eigenvalue weighted by molar-refractivity contribution is 0.468. The van der Waals surface area contributed by atoms with Gasteiger partial charge in [-0.3, -0.25) is 0 Å². The summed E-state index contributed by atoms with van der Waals surface area (Å²) in [6.45, 7) is 4.05. The molecule has 3 heteroatoms. The summed E-state index contributed by atoms with van der Waals surface area (Å²) in [5, 5.41) is 13.7. The van der Waals surface area contributed by atoms with E-state index in [1.807, 2.05) is 38.1 Å². The monoisotopic (exact) mass is 202 g/mol. The second-order valence-corrected chi connectivity index (χ2v) is 3.58. The minimum Gasteiger partial charge on any atom is -0.504 e. The van der Waals surface area contributed by atoms with Gasteiger partial charge in [0.25, 0.3) is 0 Å². The molecule has 0 unspecified atom stereocenters. The Balaban J connectivity index is 2.49. The summed E-state index contributed by atoms with van der Waals surface area (Å²) in [5.74, 6) is 0.262. The van der Waals surface area contributed by atoms with Crippen molar-refractivity contribution >= 4 is 0 Å². The van der Waals surface area contributed by atoms with Gasteiger partial charge in [0.1, 0.15) is 0 Å². The highest BCUT2D eigenvalue weighted by atomic mass is 16.3. The minimum absolute atomic E-state index is 0.262. The predicted molar refractivity (Wildman–Crippen MR) is 59.3 cm³/mol. The molecule has 78 valence electrons. The third kappa shape index (κ3) is 1.73. The number of benzene rings is 1. The van der Waals surface area contributed by atoms with E-state index in [0.29, 0.717) is 0 Å². The van der Waals surface area contributed by atoms with Gasteiger partial charge in [0, 0.05) is 0 Å². The van der Waals surface area contributed by atoms with Gasteiger partial charge in [0.05, 0.1) is 17.6 Å². The van der Waals surface area contributed by atoms with Crippen molar-refractivity contribution in [3.8, 4) is 11.4 Å². The first kappa shape index (κ1) is 9.77. The van der Waals surface area contributed by atoms with Gasteiger partial charge in [-0.05, 0) is 25.5 Å². The van der Waals surface area contributed by atoms with Crippen molar-refractivity contribution in [2.45, 2.75) is 20.3 Å². The summed E-state index contributed by atoms with van der Waals surface area (Å²) in [7, 11) is 0. The van der Waals surface area contributed by atoms with E-state index in [9.17, 15) is 5.11 Å². The standard InChI is InChI=1S/C12H14N2O/c1-3-11-12(15)8-13-14(11)10-6-4-9(2)5-7-10/h4-8,15H,3H2,1-2H3. The molecule has 0 saturated heterocycles. The van der Waals surface area contributed by atoms with E-state index < -0.39 is 0 Å². The van der Waals surface area contributed by atoms with Crippen molar-refractivity contribution in [2.24, 2.45) is 0 Å². The molecule has 1 heterocycles. The maximum absolute atomic E-state index is 9.56. The van der Waals surface area contributed by atoms with Crippen LogP contribution in [0.4, 0.5) is 0 Å². The normalized spacial score (nSPS) is 10.5. The molecule has 0 bridgehead atoms. The topological polar surface area (TPSA) is 38.1 Å². The number of aromatic nitrogens is 2. The van der Waals surface area contributed by atoms with Crippen LogP contribution in [-0.2, 0) is 6.42 Å². The molecule has 0 aliphatic carbocycles. The summed E-state index contributed by atoms with van der Waals surface area (Å²) in [4.78, 5) is 0. The van der Waals surface area contributed by atoms with E-state index in [0.717, 1.165) is 17.8 Å². The lowest BCUT2D eigenvalue weighted by atomic mass is 10.2. The molecule has 15 heavy (non-hydrogen) atoms. The van der Waals surface area contributed by atoms with E-state index in [1.54, 1.807) is 4.68 Å². The summed E-state index contributed by atoms with van der Waals surface area (Å²) in [6.07, 6.45) is 2.25. The molecule has 0 atom stereocenters. The molecule has 0 fully saturated rings. The van der Waals surface area contributed by atoms with Crippen LogP contribution < -0.4 is 0 Å². The molecular weight excluding hydrogens is 188 g/mol. The van der Waals surface area contributed by atoms with E-state index in [1.165, 1.54) is 11.8 Å². The van der Waals surface area contributed by atoms with Gasteiger partial charge < -0.3 is 5.11 Å². The van der Waals surface area contributed by atoms with Crippen molar-refractivity contribution in [1.29, 1.82) is 0 Å². The maximum Gasteiger partial charge on any atom is 0.157 e. The molecule has 0 spiro atoms. The zero-order valence-electron chi connectivity index (χ0n) is 8.94. The number of hydrogen-bond acceptors (Lipinski definition) is 2. The van der Waals surface area contributed by atoms with E-state index in [4.69, 9.17) is 0 Å². The van der Waals surface area contributed by atoms with Crippen LogP contribution in [0.15, 0.2) is 30.5 Å². The van der Waals surface area contributed by atoms with Crippen molar-refractivity contribution in [1.82, 2.24) is 9.78 Å². The average Bonchev–Trinajstić information content (AvgIpc) is 2.61. The van der Waals surface area contributed by atoms with Crippen LogP contribution in [0.5, 0.6) is 5.75 Å². The Bertz CT molecular complexity index is 457. The third-order valence-electron chi connectivity index (χ3n) is 2.46. The molecule has 3 nitrogen and oxygen atoms in total. The third-order valence-corrected chi connectivity index (χ3v) is 2.46. The molecule has 2 rings (SSSR count). The highest BCUT2D eigenvalue weighted by Crippen LogP contribution is 2.20. The number of aromatic hydroxyl groups is 1. The van der Waals surface area contributed by atoms with Crippen LogP contribution in [0, 0.1) is 6.92 Å². The predicted octanol–water partition coefficient (Wildman–Crippen LogP) is 2.45. The van der Waals surface area contributed by atoms with Crippen molar-refractivity contribution in [3.05, 3.63) is 41.7 Å². The molecule has 1 aromatic heterocycles. The Hall–Kier alpha value is -1.77. The molecule has 1 aromatic carbocycles. The Morgan fingerprint density at radius 2 is 1.93 bits per heavy atom. The second-order valence-electron chi connectivity index (χ2n) is 3.58. The molecular formula is C12H14N2O. The molecule has 0 aliphatic rings. The van der Waals surface area contributed by atoms with Gasteiger partial charge in [-0.1, -0.05) is 24.6 Å². The fourth-order valence-corrected chi connectivity index (χ4v) is 1.60. The van der Waals surface area contributed by atoms with Crippen LogP contribution >= 0.6 is 0 Å². The van der Waals surface area contributed by atoms with E-state index in [-0.39, 0.29) is 5.75 Å². The lowest BCUT2D eigenvalue weighted by Crippen LogP contribution is -2.00. The Kier molecular flexibility index (Phi) is 2.46. The molecule has 0 aliphatic heterocycles. The summed E-state index contributed by atoms with van der Waals surface area (Å²) in [5.41, 5.74) is 3.05. The maximum atomic E-state index is 9.56. The fourth-order valence-electron chi connectivity index (χ4n) is 1.60. The van der Waals surface area contributed by atoms with E-state index in [2.05, 4.69) is 5.10 Å². The molecule has 0 saturated carbocycles. The number of nitrogens with zero attached hydrogens (tertiary/aromatic N) is 2. The molecule has 1 N–H and O–H groups in total. The largest absolute Gasteiger partial charge is 0.504 e. The van der Waals surface area contributed by atoms with Gasteiger partial charge in [-0.25, -0.2) is 4.68 Å². The summed E-state index contributed by atoms with van der Waals surface area (Å²) in [6, 6.07) is 8.07. The van der Waals surface area contributed by atoms with Gasteiger partial charge in [-0.15, -0.1) is 0 Å². The molecule has 0 radical (unpaired) electrons. The first-order valence-corrected chi connectivity index (χ1v) is 5.05. The SMILES string of the molecule is CCc1c(O)cnn1-c1ccc(C)cc1. The average molecular weight is 202 g/mol. The van der Waals surface area contributed by atoms with Gasteiger partial charge in [-0.2, -0.15) is 5.10 Å².